The number of nitrogens with zero attached hydrogens (tertiary/aromatic N) is 4. The molecule has 1 aliphatic heterocycles. The third-order valence-corrected chi connectivity index (χ3v) is 5.54. The van der Waals surface area contributed by atoms with Crippen LogP contribution in [-0.4, -0.2) is 63.3 Å². The van der Waals surface area contributed by atoms with Crippen molar-refractivity contribution in [1.82, 2.24) is 19.3 Å². The topological polar surface area (TPSA) is 92.2 Å². The number of amides is 1. The number of aromatic nitrogens is 3. The van der Waals surface area contributed by atoms with E-state index in [1.165, 1.54) is 4.90 Å². The first-order valence-electron chi connectivity index (χ1n) is 10.3. The summed E-state index contributed by atoms with van der Waals surface area (Å²) in [4.78, 5) is 37.6. The van der Waals surface area contributed by atoms with Crippen LogP contribution in [0.1, 0.15) is 29.4 Å². The maximum atomic E-state index is 13.1. The third kappa shape index (κ3) is 3.70. The van der Waals surface area contributed by atoms with Crippen LogP contribution in [0.4, 0.5) is 0 Å². The summed E-state index contributed by atoms with van der Waals surface area (Å²) < 4.78 is 1.73. The number of pyridine rings is 2. The van der Waals surface area contributed by atoms with Crippen LogP contribution >= 0.6 is 0 Å². The number of hydrogen-bond acceptors (Lipinski definition) is 5. The molecule has 3 aromatic heterocycles. The van der Waals surface area contributed by atoms with E-state index in [1.807, 2.05) is 38.4 Å². The molecule has 4 rings (SSSR count). The number of carbonyl (C=O) groups excluding carboxylic acids is 2. The van der Waals surface area contributed by atoms with Gasteiger partial charge < -0.3 is 14.9 Å². The molecule has 4 heterocycles. The Kier molecular flexibility index (Phi) is 5.56. The first kappa shape index (κ1) is 20.7. The zero-order valence-corrected chi connectivity index (χ0v) is 17.9. The Morgan fingerprint density at radius 1 is 1.19 bits per heavy atom. The van der Waals surface area contributed by atoms with Crippen molar-refractivity contribution < 1.29 is 19.6 Å². The van der Waals surface area contributed by atoms with E-state index in [-0.39, 0.29) is 11.3 Å². The molecule has 8 heteroatoms. The van der Waals surface area contributed by atoms with Crippen molar-refractivity contribution in [2.75, 3.05) is 27.2 Å². The summed E-state index contributed by atoms with van der Waals surface area (Å²) in [6.07, 6.45) is 5.79. The minimum absolute atomic E-state index is 0.0731. The van der Waals surface area contributed by atoms with E-state index >= 15 is 0 Å². The molecule has 0 bridgehead atoms. The number of quaternary nitrogens is 1. The Morgan fingerprint density at radius 2 is 2.00 bits per heavy atom. The highest BCUT2D eigenvalue weighted by Gasteiger charge is 2.46. The second-order valence-corrected chi connectivity index (χ2v) is 8.06. The summed E-state index contributed by atoms with van der Waals surface area (Å²) in [5, 5.41) is 11.3. The fourth-order valence-corrected chi connectivity index (χ4v) is 4.12. The van der Waals surface area contributed by atoms with Crippen LogP contribution in [0.15, 0.2) is 54.5 Å². The van der Waals surface area contributed by atoms with Gasteiger partial charge in [0.2, 0.25) is 0 Å². The van der Waals surface area contributed by atoms with Crippen molar-refractivity contribution >= 4 is 23.1 Å². The normalized spacial score (nSPS) is 18.5. The van der Waals surface area contributed by atoms with Gasteiger partial charge in [-0.25, -0.2) is 4.98 Å². The molecule has 2 N–H and O–H groups in total. The lowest BCUT2D eigenvalue weighted by Gasteiger charge is -2.25. The van der Waals surface area contributed by atoms with Gasteiger partial charge in [0.25, 0.3) is 11.7 Å². The predicted molar refractivity (Wildman–Crippen MR) is 115 cm³/mol. The number of rotatable bonds is 6. The van der Waals surface area contributed by atoms with Crippen molar-refractivity contribution in [1.29, 1.82) is 0 Å². The molecule has 1 atom stereocenters. The first-order valence-corrected chi connectivity index (χ1v) is 10.3. The first-order chi connectivity index (χ1) is 14.9. The molecule has 3 aromatic rings. The lowest BCUT2D eigenvalue weighted by Crippen LogP contribution is -3.05. The Bertz CT molecular complexity index is 1170. The zero-order chi connectivity index (χ0) is 22.1. The van der Waals surface area contributed by atoms with Gasteiger partial charge in [0.15, 0.2) is 5.76 Å². The van der Waals surface area contributed by atoms with Crippen molar-refractivity contribution in [2.45, 2.75) is 19.4 Å². The Morgan fingerprint density at radius 3 is 2.71 bits per heavy atom. The molecule has 0 radical (unpaired) electrons. The smallest absolute Gasteiger partial charge is 0.295 e. The number of hydrogen-bond donors (Lipinski definition) is 2. The summed E-state index contributed by atoms with van der Waals surface area (Å²) in [6.45, 7) is 3.05. The number of aliphatic hydroxyl groups excluding tert-OH is 1. The number of aliphatic hydroxyl groups is 1. The van der Waals surface area contributed by atoms with E-state index in [1.54, 1.807) is 40.9 Å². The Labute approximate surface area is 180 Å². The molecule has 1 amide bonds. The van der Waals surface area contributed by atoms with E-state index < -0.39 is 17.7 Å². The van der Waals surface area contributed by atoms with Gasteiger partial charge in [-0.15, -0.1) is 0 Å². The fraction of sp³-hybridized carbons (Fsp3) is 0.304. The molecule has 1 fully saturated rings. The average molecular weight is 420 g/mol. The Hall–Kier alpha value is -3.52. The molecule has 1 saturated heterocycles. The molecule has 0 spiro atoms. The van der Waals surface area contributed by atoms with Crippen LogP contribution in [-0.2, 0) is 9.59 Å². The minimum atomic E-state index is -0.695. The monoisotopic (exact) mass is 420 g/mol. The number of carbonyl (C=O) groups is 2. The molecule has 1 aliphatic rings. The number of nitrogens with one attached hydrogen (secondary N) is 1. The van der Waals surface area contributed by atoms with Crippen molar-refractivity contribution in [3.05, 3.63) is 71.4 Å². The van der Waals surface area contributed by atoms with Gasteiger partial charge in [-0.1, -0.05) is 12.1 Å². The second-order valence-electron chi connectivity index (χ2n) is 8.06. The summed E-state index contributed by atoms with van der Waals surface area (Å²) >= 11 is 0. The van der Waals surface area contributed by atoms with Gasteiger partial charge in [-0.2, -0.15) is 0 Å². The third-order valence-electron chi connectivity index (χ3n) is 5.54. The van der Waals surface area contributed by atoms with E-state index in [2.05, 4.69) is 9.97 Å². The van der Waals surface area contributed by atoms with Crippen molar-refractivity contribution in [3.63, 3.8) is 0 Å². The highest BCUT2D eigenvalue weighted by molar-refractivity contribution is 6.46. The van der Waals surface area contributed by atoms with E-state index in [9.17, 15) is 14.7 Å². The number of imidazole rings is 1. The quantitative estimate of drug-likeness (QED) is 0.353. The molecular formula is C23H26N5O3+. The molecule has 0 unspecified atom stereocenters. The van der Waals surface area contributed by atoms with Crippen LogP contribution in [0.3, 0.4) is 0 Å². The highest BCUT2D eigenvalue weighted by atomic mass is 16.3. The van der Waals surface area contributed by atoms with Gasteiger partial charge >= 0.3 is 0 Å². The molecule has 0 aromatic carbocycles. The standard InChI is InChI=1S/C23H25N5O3/c1-15-19(27-12-5-4-9-17(27)25-15)21(29)18-20(16-8-6-10-24-14-16)28(23(31)22(18)30)13-7-11-26(2)3/h4-6,8-10,12,14,20,29H,7,11,13H2,1-3H3/p+1/t20-/m1/s1. The van der Waals surface area contributed by atoms with Gasteiger partial charge in [-0.05, 0) is 30.7 Å². The Balaban J connectivity index is 1.86. The van der Waals surface area contributed by atoms with Crippen molar-refractivity contribution in [3.8, 4) is 0 Å². The van der Waals surface area contributed by atoms with Gasteiger partial charge in [0.05, 0.1) is 37.9 Å². The zero-order valence-electron chi connectivity index (χ0n) is 17.9. The lowest BCUT2D eigenvalue weighted by molar-refractivity contribution is -0.858. The largest absolute Gasteiger partial charge is 0.505 e. The summed E-state index contributed by atoms with van der Waals surface area (Å²) in [5.41, 5.74) is 2.41. The van der Waals surface area contributed by atoms with E-state index in [0.29, 0.717) is 29.1 Å². The number of Topliss-reactive ketones (excluding diaryl/α,β-unsaturated/α-hetero) is 1. The highest BCUT2D eigenvalue weighted by Crippen LogP contribution is 2.39. The van der Waals surface area contributed by atoms with Gasteiger partial charge in [-0.3, -0.25) is 19.0 Å². The van der Waals surface area contributed by atoms with Crippen LogP contribution < -0.4 is 4.90 Å². The van der Waals surface area contributed by atoms with Gasteiger partial charge in [0.1, 0.15) is 11.3 Å². The predicted octanol–water partition coefficient (Wildman–Crippen LogP) is 0.994. The molecule has 160 valence electrons. The van der Waals surface area contributed by atoms with Gasteiger partial charge in [0, 0.05) is 31.6 Å². The summed E-state index contributed by atoms with van der Waals surface area (Å²) in [6, 6.07) is 8.39. The second kappa shape index (κ2) is 8.31. The van der Waals surface area contributed by atoms with Crippen molar-refractivity contribution in [2.24, 2.45) is 0 Å². The van der Waals surface area contributed by atoms with Crippen LogP contribution in [0, 0.1) is 6.92 Å². The van der Waals surface area contributed by atoms with Crippen LogP contribution in [0.25, 0.3) is 11.4 Å². The average Bonchev–Trinajstić information content (AvgIpc) is 3.22. The minimum Gasteiger partial charge on any atom is -0.505 e. The molecule has 0 aliphatic carbocycles. The maximum absolute atomic E-state index is 13.1. The van der Waals surface area contributed by atoms with E-state index in [4.69, 9.17) is 0 Å². The molecular weight excluding hydrogens is 394 g/mol. The maximum Gasteiger partial charge on any atom is 0.295 e. The summed E-state index contributed by atoms with van der Waals surface area (Å²) in [7, 11) is 4.08. The number of ketones is 1. The fourth-order valence-electron chi connectivity index (χ4n) is 4.12. The lowest BCUT2D eigenvalue weighted by atomic mass is 9.97. The number of aryl methyl sites for hydroxylation is 1. The number of likely N-dealkylation sites (tertiary alicyclic amines) is 1. The summed E-state index contributed by atoms with van der Waals surface area (Å²) in [5.74, 6) is -1.51. The SMILES string of the molecule is Cc1nc2ccccn2c1C(O)=C1C(=O)C(=O)N(CCC[NH+](C)C)[C@@H]1c1cccnc1. The molecule has 8 nitrogen and oxygen atoms in total. The number of fused-ring (bicyclic) bond motifs is 1. The van der Waals surface area contributed by atoms with E-state index in [0.717, 1.165) is 13.0 Å². The van der Waals surface area contributed by atoms with Crippen LogP contribution in [0.5, 0.6) is 0 Å². The van der Waals surface area contributed by atoms with Crippen LogP contribution in [0.2, 0.25) is 0 Å². The molecule has 31 heavy (non-hydrogen) atoms. The molecule has 0 saturated carbocycles.